The zero-order valence-corrected chi connectivity index (χ0v) is 23.2. The molecule has 6 rings (SSSR count). The molecule has 3 saturated heterocycles. The quantitative estimate of drug-likeness (QED) is 0.242. The van der Waals surface area contributed by atoms with Crippen molar-refractivity contribution >= 4 is 23.7 Å². The number of ketones is 1. The van der Waals surface area contributed by atoms with Crippen molar-refractivity contribution in [3.8, 4) is 0 Å². The number of esters is 3. The summed E-state index contributed by atoms with van der Waals surface area (Å²) in [6, 6.07) is 1.75. The number of epoxide rings is 2. The number of Topliss-reactive ketones (excluding diaryl/α,β-unsaturated/α-hetero) is 1. The Morgan fingerprint density at radius 1 is 1.10 bits per heavy atom. The topological polar surface area (TPSA) is 134 Å². The second kappa shape index (κ2) is 7.81. The molecule has 5 aliphatic rings. The fourth-order valence-corrected chi connectivity index (χ4v) is 8.66. The number of fused-ring (bicyclic) bond motifs is 1. The van der Waals surface area contributed by atoms with Gasteiger partial charge in [-0.2, -0.15) is 0 Å². The zero-order chi connectivity index (χ0) is 28.3. The number of methoxy groups -OCH3 is 1. The van der Waals surface area contributed by atoms with Crippen LogP contribution < -0.4 is 0 Å². The van der Waals surface area contributed by atoms with Crippen LogP contribution in [0, 0.1) is 22.7 Å². The van der Waals surface area contributed by atoms with Crippen LogP contribution in [0.4, 0.5) is 0 Å². The lowest BCUT2D eigenvalue weighted by atomic mass is 9.40. The molecule has 210 valence electrons. The average Bonchev–Trinajstić information content (AvgIpc) is 3.67. The molecule has 39 heavy (non-hydrogen) atoms. The number of carbonyl (C=O) groups is 4. The maximum atomic E-state index is 14.5. The molecule has 2 spiro atoms. The lowest BCUT2D eigenvalue weighted by Crippen LogP contribution is -2.74. The molecule has 10 heteroatoms. The maximum absolute atomic E-state index is 14.5. The second-order valence-corrected chi connectivity index (χ2v) is 12.5. The van der Waals surface area contributed by atoms with Crippen LogP contribution in [0.5, 0.6) is 0 Å². The van der Waals surface area contributed by atoms with Crippen molar-refractivity contribution in [3.05, 3.63) is 35.8 Å². The van der Waals surface area contributed by atoms with Crippen molar-refractivity contribution in [2.75, 3.05) is 7.11 Å². The van der Waals surface area contributed by atoms with Crippen LogP contribution in [-0.2, 0) is 42.9 Å². The smallest absolute Gasteiger partial charge is 0.339 e. The van der Waals surface area contributed by atoms with Crippen molar-refractivity contribution in [2.45, 2.75) is 89.5 Å². The fourth-order valence-electron chi connectivity index (χ4n) is 8.66. The molecule has 2 aliphatic carbocycles. The molecule has 0 N–H and O–H groups in total. The lowest BCUT2D eigenvalue weighted by molar-refractivity contribution is -0.228. The molecule has 1 aromatic rings. The second-order valence-electron chi connectivity index (χ2n) is 12.5. The molecular formula is C29H34O10. The van der Waals surface area contributed by atoms with Crippen LogP contribution in [0.15, 0.2) is 34.7 Å². The summed E-state index contributed by atoms with van der Waals surface area (Å²) >= 11 is 0. The van der Waals surface area contributed by atoms with Crippen molar-refractivity contribution in [1.29, 1.82) is 0 Å². The van der Waals surface area contributed by atoms with Crippen LogP contribution >= 0.6 is 0 Å². The van der Waals surface area contributed by atoms with E-state index >= 15 is 0 Å². The Morgan fingerprint density at radius 2 is 1.79 bits per heavy atom. The molecule has 5 fully saturated rings. The van der Waals surface area contributed by atoms with Gasteiger partial charge < -0.3 is 28.1 Å². The fraction of sp³-hybridized carbons (Fsp3) is 0.655. The van der Waals surface area contributed by atoms with Gasteiger partial charge in [-0.05, 0) is 45.6 Å². The van der Waals surface area contributed by atoms with Gasteiger partial charge in [0.05, 0.1) is 19.6 Å². The third kappa shape index (κ3) is 2.94. The first-order valence-electron chi connectivity index (χ1n) is 13.3. The summed E-state index contributed by atoms with van der Waals surface area (Å²) in [5.74, 6) is -2.98. The third-order valence-electron chi connectivity index (χ3n) is 10.4. The Balaban J connectivity index is 1.57. The van der Waals surface area contributed by atoms with E-state index in [1.807, 2.05) is 27.7 Å². The predicted molar refractivity (Wildman–Crippen MR) is 132 cm³/mol. The summed E-state index contributed by atoms with van der Waals surface area (Å²) in [6.07, 6.45) is 3.10. The summed E-state index contributed by atoms with van der Waals surface area (Å²) in [4.78, 5) is 52.9. The molecule has 0 aromatic carbocycles. The van der Waals surface area contributed by atoms with Crippen LogP contribution in [-0.4, -0.2) is 59.8 Å². The minimum atomic E-state index is -1.32. The molecule has 1 aromatic heterocycles. The van der Waals surface area contributed by atoms with Gasteiger partial charge in [0.15, 0.2) is 17.8 Å². The molecule has 0 radical (unpaired) electrons. The number of cyclic esters (lactones) is 1. The van der Waals surface area contributed by atoms with Gasteiger partial charge in [-0.15, -0.1) is 0 Å². The Kier molecular flexibility index (Phi) is 5.26. The molecular weight excluding hydrogens is 508 g/mol. The van der Waals surface area contributed by atoms with Gasteiger partial charge in [-0.1, -0.05) is 19.9 Å². The highest BCUT2D eigenvalue weighted by Gasteiger charge is 2.91. The highest BCUT2D eigenvalue weighted by Crippen LogP contribution is 2.79. The Bertz CT molecular complexity index is 1310. The van der Waals surface area contributed by atoms with E-state index < -0.39 is 75.6 Å². The van der Waals surface area contributed by atoms with Crippen LogP contribution in [0.3, 0.4) is 0 Å². The zero-order valence-electron chi connectivity index (χ0n) is 23.2. The van der Waals surface area contributed by atoms with E-state index in [4.69, 9.17) is 28.1 Å². The highest BCUT2D eigenvalue weighted by atomic mass is 16.7. The number of carbonyl (C=O) groups excluding carboxylic acids is 4. The summed E-state index contributed by atoms with van der Waals surface area (Å²) < 4.78 is 34.7. The van der Waals surface area contributed by atoms with Gasteiger partial charge >= 0.3 is 17.9 Å². The van der Waals surface area contributed by atoms with Crippen molar-refractivity contribution in [3.63, 3.8) is 0 Å². The van der Waals surface area contributed by atoms with Gasteiger partial charge in [0.25, 0.3) is 0 Å². The van der Waals surface area contributed by atoms with Gasteiger partial charge in [-0.3, -0.25) is 9.59 Å². The van der Waals surface area contributed by atoms with Gasteiger partial charge in [0.1, 0.15) is 17.3 Å². The van der Waals surface area contributed by atoms with Gasteiger partial charge in [0.2, 0.25) is 5.78 Å². The number of furan rings is 1. The SMILES string of the molecule is COC(=O)C(C)=CC1C2CCC3(C)C(c4ccoc4)OC(=O)C4OC43C2(C)C(OC(C)=O)C(=O)C12OC2(C)C. The number of hydrogen-bond acceptors (Lipinski definition) is 10. The Hall–Kier alpha value is -2.98. The first-order chi connectivity index (χ1) is 18.2. The normalized spacial score (nSPS) is 45.4. The van der Waals surface area contributed by atoms with Crippen LogP contribution in [0.25, 0.3) is 0 Å². The van der Waals surface area contributed by atoms with Gasteiger partial charge in [0, 0.05) is 34.8 Å². The average molecular weight is 543 g/mol. The molecule has 0 amide bonds. The lowest BCUT2D eigenvalue weighted by Gasteiger charge is -2.63. The van der Waals surface area contributed by atoms with Crippen LogP contribution in [0.1, 0.15) is 66.1 Å². The molecule has 0 bridgehead atoms. The first kappa shape index (κ1) is 26.3. The van der Waals surface area contributed by atoms with E-state index in [2.05, 4.69) is 0 Å². The van der Waals surface area contributed by atoms with E-state index in [1.54, 1.807) is 25.3 Å². The number of rotatable bonds is 4. The minimum absolute atomic E-state index is 0.340. The van der Waals surface area contributed by atoms with Gasteiger partial charge in [-0.25, -0.2) is 9.59 Å². The maximum Gasteiger partial charge on any atom is 0.339 e. The van der Waals surface area contributed by atoms with E-state index in [0.717, 1.165) is 0 Å². The molecule has 3 aliphatic heterocycles. The summed E-state index contributed by atoms with van der Waals surface area (Å²) in [5.41, 5.74) is -4.26. The minimum Gasteiger partial charge on any atom is -0.472 e. The van der Waals surface area contributed by atoms with Crippen molar-refractivity contribution in [2.24, 2.45) is 22.7 Å². The highest BCUT2D eigenvalue weighted by molar-refractivity contribution is 6.00. The molecule has 2 saturated carbocycles. The Morgan fingerprint density at radius 3 is 2.36 bits per heavy atom. The largest absolute Gasteiger partial charge is 0.472 e. The number of ether oxygens (including phenoxy) is 5. The van der Waals surface area contributed by atoms with Crippen molar-refractivity contribution in [1.82, 2.24) is 0 Å². The summed E-state index contributed by atoms with van der Waals surface area (Å²) in [7, 11) is 1.30. The standard InChI is InChI=1S/C29H34O10/c1-14(23(32)34-7)12-18-17-8-10-26(5)20(16-9-11-35-13-16)37-24(33)22-29(26,38-22)27(17,6)21(36-15(2)30)19(31)28(18)25(3,4)39-28/h9,11-13,17-18,20-22H,8,10H2,1-7H3. The van der Waals surface area contributed by atoms with Crippen LogP contribution in [0.2, 0.25) is 0 Å². The van der Waals surface area contributed by atoms with E-state index in [1.165, 1.54) is 20.3 Å². The summed E-state index contributed by atoms with van der Waals surface area (Å²) in [6.45, 7) is 10.4. The monoisotopic (exact) mass is 542 g/mol. The summed E-state index contributed by atoms with van der Waals surface area (Å²) in [5, 5.41) is 0. The van der Waals surface area contributed by atoms with E-state index in [-0.39, 0.29) is 5.92 Å². The predicted octanol–water partition coefficient (Wildman–Crippen LogP) is 3.24. The Labute approximate surface area is 226 Å². The molecule has 9 atom stereocenters. The number of hydrogen-bond donors (Lipinski definition) is 0. The first-order valence-corrected chi connectivity index (χ1v) is 13.3. The van der Waals surface area contributed by atoms with E-state index in [0.29, 0.717) is 24.0 Å². The van der Waals surface area contributed by atoms with E-state index in [9.17, 15) is 19.2 Å². The molecule has 9 unspecified atom stereocenters. The molecule has 4 heterocycles. The third-order valence-corrected chi connectivity index (χ3v) is 10.4. The van der Waals surface area contributed by atoms with Crippen molar-refractivity contribution < 1.29 is 47.3 Å². The molecule has 10 nitrogen and oxygen atoms in total.